The molecule has 0 bridgehead atoms. The molecular weight excluding hydrogens is 352 g/mol. The minimum atomic E-state index is -0.0811. The molecule has 1 aromatic carbocycles. The first-order valence-corrected chi connectivity index (χ1v) is 8.76. The van der Waals surface area contributed by atoms with Crippen LogP contribution in [0.2, 0.25) is 0 Å². The maximum absolute atomic E-state index is 12.7. The van der Waals surface area contributed by atoms with Crippen LogP contribution in [0, 0.1) is 5.92 Å². The molecule has 1 fully saturated rings. The first-order chi connectivity index (χ1) is 12.0. The fraction of sp³-hybridized carbons (Fsp3) is 0.474. The van der Waals surface area contributed by atoms with Crippen LogP contribution in [0.1, 0.15) is 30.9 Å². The fourth-order valence-corrected chi connectivity index (χ4v) is 3.27. The Labute approximate surface area is 160 Å². The van der Waals surface area contributed by atoms with Gasteiger partial charge >= 0.3 is 0 Å². The first kappa shape index (κ1) is 20.3. The molecule has 2 atom stereocenters. The summed E-state index contributed by atoms with van der Waals surface area (Å²) in [6, 6.07) is 7.84. The lowest BCUT2D eigenvalue weighted by Crippen LogP contribution is -2.34. The van der Waals surface area contributed by atoms with Crippen molar-refractivity contribution in [2.24, 2.45) is 13.0 Å². The van der Waals surface area contributed by atoms with Crippen LogP contribution in [0.3, 0.4) is 0 Å². The van der Waals surface area contributed by atoms with Gasteiger partial charge in [0.25, 0.3) is 0 Å². The molecule has 2 N–H and O–H groups in total. The fourth-order valence-electron chi connectivity index (χ4n) is 3.27. The van der Waals surface area contributed by atoms with Crippen LogP contribution in [0.5, 0.6) is 5.75 Å². The van der Waals surface area contributed by atoms with Crippen LogP contribution in [-0.4, -0.2) is 34.9 Å². The van der Waals surface area contributed by atoms with Crippen LogP contribution in [-0.2, 0) is 18.4 Å². The summed E-state index contributed by atoms with van der Waals surface area (Å²) < 4.78 is 7.60. The number of ether oxygens (including phenoxy) is 1. The summed E-state index contributed by atoms with van der Waals surface area (Å²) in [6.07, 6.45) is 3.94. The van der Waals surface area contributed by atoms with E-state index in [1.807, 2.05) is 57.6 Å². The normalized spacial score (nSPS) is 19.2. The Balaban J connectivity index is 0.00000243. The van der Waals surface area contributed by atoms with E-state index in [0.29, 0.717) is 13.1 Å². The van der Waals surface area contributed by atoms with Crippen molar-refractivity contribution in [3.05, 3.63) is 47.8 Å². The van der Waals surface area contributed by atoms with E-state index in [4.69, 9.17) is 4.74 Å². The first-order valence-electron chi connectivity index (χ1n) is 8.76. The Morgan fingerprint density at radius 2 is 2.15 bits per heavy atom. The number of rotatable bonds is 6. The van der Waals surface area contributed by atoms with Gasteiger partial charge in [0.05, 0.1) is 18.2 Å². The number of hydrogen-bond donors (Lipinski definition) is 2. The van der Waals surface area contributed by atoms with Crippen molar-refractivity contribution in [3.8, 4) is 5.75 Å². The molecular formula is C19H27ClN4O2. The summed E-state index contributed by atoms with van der Waals surface area (Å²) in [4.78, 5) is 12.7. The van der Waals surface area contributed by atoms with Gasteiger partial charge in [-0.1, -0.05) is 18.2 Å². The molecule has 142 valence electrons. The second kappa shape index (κ2) is 9.05. The third kappa shape index (κ3) is 4.77. The zero-order valence-electron chi connectivity index (χ0n) is 15.4. The summed E-state index contributed by atoms with van der Waals surface area (Å²) in [6.45, 7) is 5.96. The lowest BCUT2D eigenvalue weighted by atomic mass is 9.90. The summed E-state index contributed by atoms with van der Waals surface area (Å²) in [5.41, 5.74) is 2.10. The number of carbonyl (C=O) groups is 1. The van der Waals surface area contributed by atoms with Crippen LogP contribution in [0.4, 0.5) is 0 Å². The minimum absolute atomic E-state index is 0. The van der Waals surface area contributed by atoms with Gasteiger partial charge in [-0.15, -0.1) is 12.4 Å². The van der Waals surface area contributed by atoms with Crippen molar-refractivity contribution in [2.45, 2.75) is 32.4 Å². The average Bonchev–Trinajstić information content (AvgIpc) is 3.21. The second-order valence-corrected chi connectivity index (χ2v) is 6.81. The van der Waals surface area contributed by atoms with Crippen molar-refractivity contribution in [2.75, 3.05) is 13.1 Å². The molecule has 2 aromatic rings. The second-order valence-electron chi connectivity index (χ2n) is 6.81. The number of halogens is 1. The van der Waals surface area contributed by atoms with Gasteiger partial charge in [-0.3, -0.25) is 9.48 Å². The van der Waals surface area contributed by atoms with Crippen molar-refractivity contribution >= 4 is 18.3 Å². The van der Waals surface area contributed by atoms with E-state index in [0.717, 1.165) is 23.4 Å². The van der Waals surface area contributed by atoms with Gasteiger partial charge in [0.1, 0.15) is 5.75 Å². The minimum Gasteiger partial charge on any atom is -0.491 e. The van der Waals surface area contributed by atoms with E-state index >= 15 is 0 Å². The maximum atomic E-state index is 12.7. The summed E-state index contributed by atoms with van der Waals surface area (Å²) in [5, 5.41) is 10.6. The molecule has 1 aliphatic rings. The van der Waals surface area contributed by atoms with Crippen LogP contribution in [0.15, 0.2) is 36.7 Å². The number of carbonyl (C=O) groups excluding carboxylic acids is 1. The van der Waals surface area contributed by atoms with Crippen molar-refractivity contribution < 1.29 is 9.53 Å². The van der Waals surface area contributed by atoms with Crippen molar-refractivity contribution in [3.63, 3.8) is 0 Å². The highest BCUT2D eigenvalue weighted by molar-refractivity contribution is 5.85. The van der Waals surface area contributed by atoms with E-state index in [2.05, 4.69) is 15.7 Å². The molecule has 1 aliphatic heterocycles. The highest BCUT2D eigenvalue weighted by Crippen LogP contribution is 2.28. The highest BCUT2D eigenvalue weighted by Gasteiger charge is 2.34. The average molecular weight is 379 g/mol. The molecule has 1 aromatic heterocycles. The summed E-state index contributed by atoms with van der Waals surface area (Å²) in [5.74, 6) is 0.975. The van der Waals surface area contributed by atoms with Gasteiger partial charge in [0.2, 0.25) is 5.91 Å². The Hall–Kier alpha value is -2.05. The number of benzene rings is 1. The van der Waals surface area contributed by atoms with E-state index in [9.17, 15) is 4.79 Å². The molecule has 26 heavy (non-hydrogen) atoms. The number of amides is 1. The molecule has 2 heterocycles. The number of nitrogens with one attached hydrogen (secondary N) is 2. The van der Waals surface area contributed by atoms with E-state index in [1.165, 1.54) is 0 Å². The summed E-state index contributed by atoms with van der Waals surface area (Å²) in [7, 11) is 1.90. The van der Waals surface area contributed by atoms with Crippen LogP contribution < -0.4 is 15.4 Å². The maximum Gasteiger partial charge on any atom is 0.225 e. The third-order valence-corrected chi connectivity index (χ3v) is 4.49. The monoisotopic (exact) mass is 378 g/mol. The highest BCUT2D eigenvalue weighted by atomic mass is 35.5. The Bertz CT molecular complexity index is 732. The zero-order valence-corrected chi connectivity index (χ0v) is 16.3. The molecule has 0 saturated carbocycles. The van der Waals surface area contributed by atoms with Gasteiger partial charge < -0.3 is 15.4 Å². The van der Waals surface area contributed by atoms with Crippen molar-refractivity contribution in [1.29, 1.82) is 0 Å². The molecule has 6 nitrogen and oxygen atoms in total. The number of aryl methyl sites for hydroxylation is 1. The number of para-hydroxylation sites is 1. The largest absolute Gasteiger partial charge is 0.491 e. The number of hydrogen-bond acceptors (Lipinski definition) is 4. The smallest absolute Gasteiger partial charge is 0.225 e. The zero-order chi connectivity index (χ0) is 17.8. The molecule has 3 rings (SSSR count). The van der Waals surface area contributed by atoms with Gasteiger partial charge in [-0.05, 0) is 25.5 Å². The Kier molecular flexibility index (Phi) is 7.06. The van der Waals surface area contributed by atoms with Gasteiger partial charge in [0.15, 0.2) is 0 Å². The SMILES string of the molecule is CC(C)Oc1ccccc1CNC(=O)[C@H]1CNC[C@@H]1c1cnn(C)c1.Cl. The number of nitrogens with zero attached hydrogens (tertiary/aromatic N) is 2. The van der Waals surface area contributed by atoms with Crippen LogP contribution >= 0.6 is 12.4 Å². The third-order valence-electron chi connectivity index (χ3n) is 4.49. The lowest BCUT2D eigenvalue weighted by Gasteiger charge is -2.18. The quantitative estimate of drug-likeness (QED) is 0.809. The van der Waals surface area contributed by atoms with E-state index in [-0.39, 0.29) is 36.3 Å². The molecule has 7 heteroatoms. The topological polar surface area (TPSA) is 68.2 Å². The predicted octanol–water partition coefficient (Wildman–Crippen LogP) is 2.25. The van der Waals surface area contributed by atoms with E-state index < -0.39 is 0 Å². The molecule has 1 amide bonds. The summed E-state index contributed by atoms with van der Waals surface area (Å²) >= 11 is 0. The molecule has 0 radical (unpaired) electrons. The van der Waals surface area contributed by atoms with Crippen molar-refractivity contribution in [1.82, 2.24) is 20.4 Å². The Morgan fingerprint density at radius 3 is 2.85 bits per heavy atom. The van der Waals surface area contributed by atoms with Gasteiger partial charge in [0, 0.05) is 44.4 Å². The Morgan fingerprint density at radius 1 is 1.38 bits per heavy atom. The van der Waals surface area contributed by atoms with Crippen LogP contribution in [0.25, 0.3) is 0 Å². The predicted molar refractivity (Wildman–Crippen MR) is 104 cm³/mol. The van der Waals surface area contributed by atoms with Gasteiger partial charge in [-0.25, -0.2) is 0 Å². The lowest BCUT2D eigenvalue weighted by molar-refractivity contribution is -0.125. The standard InChI is InChI=1S/C19H26N4O2.ClH/c1-13(2)25-18-7-5-4-6-14(18)8-21-19(24)17-11-20-10-16(17)15-9-22-23(3)12-15;/h4-7,9,12-13,16-17,20H,8,10-11H2,1-3H3,(H,21,24);1H/t16-,17+;/m1./s1. The molecule has 0 unspecified atom stereocenters. The number of aromatic nitrogens is 2. The van der Waals surface area contributed by atoms with Gasteiger partial charge in [-0.2, -0.15) is 5.10 Å². The molecule has 0 aliphatic carbocycles. The molecule has 0 spiro atoms. The van der Waals surface area contributed by atoms with E-state index in [1.54, 1.807) is 4.68 Å². The molecule has 1 saturated heterocycles.